The molecule has 0 rings (SSSR count). The van der Waals surface area contributed by atoms with Crippen LogP contribution in [0.4, 0.5) is 0 Å². The van der Waals surface area contributed by atoms with Crippen LogP contribution in [0.1, 0.15) is 71.6 Å². The standard InChI is InChI=1S/C13H28O2/c1-3-4-5-6-7-8-9-10-11-12(2)13(14)15/h12-15H,3-11H2,1-2H3. The molecule has 92 valence electrons. The van der Waals surface area contributed by atoms with E-state index >= 15 is 0 Å². The van der Waals surface area contributed by atoms with E-state index in [9.17, 15) is 0 Å². The Bertz CT molecular complexity index is 124. The molecule has 0 aliphatic rings. The first kappa shape index (κ1) is 14.9. The van der Waals surface area contributed by atoms with E-state index in [0.717, 1.165) is 12.8 Å². The Balaban J connectivity index is 3.05. The lowest BCUT2D eigenvalue weighted by atomic mass is 10.0. The van der Waals surface area contributed by atoms with Crippen molar-refractivity contribution in [3.63, 3.8) is 0 Å². The third-order valence-corrected chi connectivity index (χ3v) is 3.02. The normalized spacial score (nSPS) is 13.4. The summed E-state index contributed by atoms with van der Waals surface area (Å²) in [4.78, 5) is 0. The molecule has 1 unspecified atom stereocenters. The summed E-state index contributed by atoms with van der Waals surface area (Å²) >= 11 is 0. The van der Waals surface area contributed by atoms with Crippen molar-refractivity contribution in [2.75, 3.05) is 0 Å². The lowest BCUT2D eigenvalue weighted by Crippen LogP contribution is -2.15. The van der Waals surface area contributed by atoms with Crippen molar-refractivity contribution in [2.24, 2.45) is 5.92 Å². The molecule has 0 amide bonds. The highest BCUT2D eigenvalue weighted by atomic mass is 16.5. The van der Waals surface area contributed by atoms with Crippen molar-refractivity contribution in [2.45, 2.75) is 77.9 Å². The number of unbranched alkanes of at least 4 members (excludes halogenated alkanes) is 7. The van der Waals surface area contributed by atoms with Crippen molar-refractivity contribution in [3.05, 3.63) is 0 Å². The van der Waals surface area contributed by atoms with Crippen molar-refractivity contribution >= 4 is 0 Å². The Kier molecular flexibility index (Phi) is 10.4. The van der Waals surface area contributed by atoms with Crippen LogP contribution in [0, 0.1) is 5.92 Å². The van der Waals surface area contributed by atoms with E-state index in [0.29, 0.717) is 0 Å². The Morgan fingerprint density at radius 2 is 1.27 bits per heavy atom. The topological polar surface area (TPSA) is 40.5 Å². The Labute approximate surface area is 94.7 Å². The van der Waals surface area contributed by atoms with Gasteiger partial charge < -0.3 is 10.2 Å². The van der Waals surface area contributed by atoms with Gasteiger partial charge in [0.2, 0.25) is 0 Å². The summed E-state index contributed by atoms with van der Waals surface area (Å²) in [5, 5.41) is 17.8. The van der Waals surface area contributed by atoms with Crippen molar-refractivity contribution < 1.29 is 10.2 Å². The van der Waals surface area contributed by atoms with Gasteiger partial charge in [-0.05, 0) is 6.42 Å². The zero-order valence-electron chi connectivity index (χ0n) is 10.4. The second-order valence-electron chi connectivity index (χ2n) is 4.65. The molecule has 0 spiro atoms. The van der Waals surface area contributed by atoms with Crippen LogP contribution in [0.5, 0.6) is 0 Å². The SMILES string of the molecule is CCCCCCCCCCC(C)C(O)O. The van der Waals surface area contributed by atoms with Crippen LogP contribution in [0.2, 0.25) is 0 Å². The molecule has 0 aromatic carbocycles. The summed E-state index contributed by atoms with van der Waals surface area (Å²) in [5.41, 5.74) is 0. The summed E-state index contributed by atoms with van der Waals surface area (Å²) in [7, 11) is 0. The smallest absolute Gasteiger partial charge is 0.154 e. The van der Waals surface area contributed by atoms with Crippen LogP contribution < -0.4 is 0 Å². The van der Waals surface area contributed by atoms with Gasteiger partial charge in [-0.1, -0.05) is 65.2 Å². The Morgan fingerprint density at radius 1 is 0.800 bits per heavy atom. The van der Waals surface area contributed by atoms with E-state index < -0.39 is 6.29 Å². The van der Waals surface area contributed by atoms with E-state index in [4.69, 9.17) is 10.2 Å². The van der Waals surface area contributed by atoms with E-state index in [1.165, 1.54) is 44.9 Å². The average molecular weight is 216 g/mol. The van der Waals surface area contributed by atoms with Crippen LogP contribution in [0.25, 0.3) is 0 Å². The highest BCUT2D eigenvalue weighted by molar-refractivity contribution is 4.55. The summed E-state index contributed by atoms with van der Waals surface area (Å²) in [5.74, 6) is 0.0325. The van der Waals surface area contributed by atoms with Gasteiger partial charge in [0.25, 0.3) is 0 Å². The Hall–Kier alpha value is -0.0800. The van der Waals surface area contributed by atoms with Gasteiger partial charge in [0, 0.05) is 5.92 Å². The quantitative estimate of drug-likeness (QED) is 0.433. The van der Waals surface area contributed by atoms with Gasteiger partial charge >= 0.3 is 0 Å². The van der Waals surface area contributed by atoms with Crippen molar-refractivity contribution in [1.82, 2.24) is 0 Å². The Morgan fingerprint density at radius 3 is 1.73 bits per heavy atom. The fraction of sp³-hybridized carbons (Fsp3) is 1.00. The molecule has 2 N–H and O–H groups in total. The first-order valence-electron chi connectivity index (χ1n) is 6.54. The fourth-order valence-electron chi connectivity index (χ4n) is 1.75. The number of aliphatic hydroxyl groups excluding tert-OH is 1. The summed E-state index contributed by atoms with van der Waals surface area (Å²) in [6, 6.07) is 0. The molecular formula is C13H28O2. The second-order valence-corrected chi connectivity index (χ2v) is 4.65. The number of hydrogen-bond acceptors (Lipinski definition) is 2. The van der Waals surface area contributed by atoms with Gasteiger partial charge in [-0.3, -0.25) is 0 Å². The van der Waals surface area contributed by atoms with Gasteiger partial charge in [0.15, 0.2) is 6.29 Å². The van der Waals surface area contributed by atoms with Gasteiger partial charge in [-0.15, -0.1) is 0 Å². The maximum Gasteiger partial charge on any atom is 0.154 e. The summed E-state index contributed by atoms with van der Waals surface area (Å²) in [6.07, 6.45) is 10.2. The molecule has 0 aromatic heterocycles. The molecule has 0 fully saturated rings. The molecular weight excluding hydrogens is 188 g/mol. The van der Waals surface area contributed by atoms with E-state index in [-0.39, 0.29) is 5.92 Å². The monoisotopic (exact) mass is 216 g/mol. The van der Waals surface area contributed by atoms with Gasteiger partial charge in [-0.2, -0.15) is 0 Å². The zero-order chi connectivity index (χ0) is 11.5. The molecule has 0 bridgehead atoms. The van der Waals surface area contributed by atoms with Crippen LogP contribution in [-0.2, 0) is 0 Å². The minimum Gasteiger partial charge on any atom is -0.368 e. The molecule has 0 radical (unpaired) electrons. The molecule has 0 saturated carbocycles. The molecule has 0 heterocycles. The average Bonchev–Trinajstić information content (AvgIpc) is 2.21. The number of aliphatic hydroxyl groups is 2. The molecule has 2 nitrogen and oxygen atoms in total. The largest absolute Gasteiger partial charge is 0.368 e. The molecule has 15 heavy (non-hydrogen) atoms. The molecule has 1 atom stereocenters. The van der Waals surface area contributed by atoms with Crippen LogP contribution in [0.15, 0.2) is 0 Å². The van der Waals surface area contributed by atoms with E-state index in [1.807, 2.05) is 6.92 Å². The van der Waals surface area contributed by atoms with E-state index in [2.05, 4.69) is 6.92 Å². The molecule has 0 aromatic rings. The van der Waals surface area contributed by atoms with Crippen LogP contribution in [0.3, 0.4) is 0 Å². The minimum atomic E-state index is -1.13. The van der Waals surface area contributed by atoms with Gasteiger partial charge in [-0.25, -0.2) is 0 Å². The summed E-state index contributed by atoms with van der Waals surface area (Å²) in [6.45, 7) is 4.13. The van der Waals surface area contributed by atoms with Crippen LogP contribution >= 0.6 is 0 Å². The highest BCUT2D eigenvalue weighted by Gasteiger charge is 2.08. The van der Waals surface area contributed by atoms with Gasteiger partial charge in [0.1, 0.15) is 0 Å². The highest BCUT2D eigenvalue weighted by Crippen LogP contribution is 2.14. The van der Waals surface area contributed by atoms with Crippen LogP contribution in [-0.4, -0.2) is 16.5 Å². The third-order valence-electron chi connectivity index (χ3n) is 3.02. The minimum absolute atomic E-state index is 0.0325. The second kappa shape index (κ2) is 10.4. The first-order chi connectivity index (χ1) is 7.18. The lowest BCUT2D eigenvalue weighted by Gasteiger charge is -2.12. The third kappa shape index (κ3) is 10.2. The number of hydrogen-bond donors (Lipinski definition) is 2. The molecule has 2 heteroatoms. The maximum atomic E-state index is 8.88. The molecule has 0 saturated heterocycles. The van der Waals surface area contributed by atoms with E-state index in [1.54, 1.807) is 0 Å². The maximum absolute atomic E-state index is 8.88. The zero-order valence-corrected chi connectivity index (χ0v) is 10.4. The molecule has 0 aliphatic heterocycles. The van der Waals surface area contributed by atoms with Crippen molar-refractivity contribution in [1.29, 1.82) is 0 Å². The predicted octanol–water partition coefficient (Wildman–Crippen LogP) is 3.46. The van der Waals surface area contributed by atoms with Gasteiger partial charge in [0.05, 0.1) is 0 Å². The fourth-order valence-corrected chi connectivity index (χ4v) is 1.75. The van der Waals surface area contributed by atoms with Crippen molar-refractivity contribution in [3.8, 4) is 0 Å². The first-order valence-corrected chi connectivity index (χ1v) is 6.54. The summed E-state index contributed by atoms with van der Waals surface area (Å²) < 4.78 is 0. The predicted molar refractivity (Wildman–Crippen MR) is 64.6 cm³/mol. The lowest BCUT2D eigenvalue weighted by molar-refractivity contribution is -0.0808. The number of rotatable bonds is 10. The molecule has 0 aliphatic carbocycles.